The molecule has 8 heteroatoms. The zero-order chi connectivity index (χ0) is 21.9. The van der Waals surface area contributed by atoms with E-state index >= 15 is 0 Å². The first-order valence-corrected chi connectivity index (χ1v) is 12.6. The largest absolute Gasteiger partial charge is 0.343 e. The highest BCUT2D eigenvalue weighted by Crippen LogP contribution is 2.27. The molecular weight excluding hydrogens is 418 g/mol. The number of hydrogen-bond acceptors (Lipinski definition) is 4. The van der Waals surface area contributed by atoms with Crippen molar-refractivity contribution in [3.8, 4) is 0 Å². The van der Waals surface area contributed by atoms with Crippen LogP contribution in [-0.2, 0) is 17.1 Å². The average molecular weight is 448 g/mol. The van der Waals surface area contributed by atoms with Gasteiger partial charge in [-0.1, -0.05) is 33.3 Å². The van der Waals surface area contributed by atoms with Gasteiger partial charge in [-0.15, -0.1) is 11.3 Å². The molecule has 2 heterocycles. The second-order valence-electron chi connectivity index (χ2n) is 7.23. The van der Waals surface area contributed by atoms with Crippen molar-refractivity contribution in [2.45, 2.75) is 44.6 Å². The number of thiophene rings is 1. The quantitative estimate of drug-likeness (QED) is 0.523. The Morgan fingerprint density at radius 3 is 2.50 bits per heavy atom. The number of carbonyl (C=O) groups excluding carboxylic acids is 1. The molecule has 6 nitrogen and oxygen atoms in total. The lowest BCUT2D eigenvalue weighted by atomic mass is 10.1. The summed E-state index contributed by atoms with van der Waals surface area (Å²) in [6.45, 7) is 6.58. The van der Waals surface area contributed by atoms with Crippen LogP contribution in [0.5, 0.6) is 0 Å². The van der Waals surface area contributed by atoms with Crippen LogP contribution in [0.25, 0.3) is 10.9 Å². The first-order chi connectivity index (χ1) is 14.3. The van der Waals surface area contributed by atoms with E-state index in [0.29, 0.717) is 18.8 Å². The van der Waals surface area contributed by atoms with Crippen LogP contribution in [0.4, 0.5) is 0 Å². The summed E-state index contributed by atoms with van der Waals surface area (Å²) in [4.78, 5) is 14.4. The molecule has 3 rings (SSSR count). The zero-order valence-corrected chi connectivity index (χ0v) is 19.5. The van der Waals surface area contributed by atoms with Crippen LogP contribution >= 0.6 is 11.3 Å². The minimum absolute atomic E-state index is 0.0286. The zero-order valence-electron chi connectivity index (χ0n) is 17.9. The molecule has 0 unspecified atom stereocenters. The molecule has 1 atom stereocenters. The number of amides is 1. The maximum Gasteiger partial charge on any atom is 0.268 e. The van der Waals surface area contributed by atoms with Crippen LogP contribution in [-0.4, -0.2) is 36.3 Å². The maximum absolute atomic E-state index is 13.0. The first-order valence-electron chi connectivity index (χ1n) is 10.3. The molecule has 0 aliphatic carbocycles. The molecule has 0 saturated carbocycles. The average Bonchev–Trinajstić information content (AvgIpc) is 3.36. The lowest BCUT2D eigenvalue weighted by Gasteiger charge is -2.18. The normalized spacial score (nSPS) is 13.1. The van der Waals surface area contributed by atoms with Crippen LogP contribution in [0.1, 0.15) is 55.0 Å². The number of rotatable bonds is 9. The molecule has 1 aromatic carbocycles. The number of aryl methyl sites for hydroxylation is 1. The van der Waals surface area contributed by atoms with Crippen molar-refractivity contribution < 1.29 is 13.2 Å². The Hall–Kier alpha value is -2.16. The van der Waals surface area contributed by atoms with Crippen LogP contribution in [0.3, 0.4) is 0 Å². The van der Waals surface area contributed by atoms with E-state index in [-0.39, 0.29) is 16.8 Å². The fraction of sp³-hybridized carbons (Fsp3) is 0.409. The van der Waals surface area contributed by atoms with E-state index < -0.39 is 10.0 Å². The van der Waals surface area contributed by atoms with Crippen molar-refractivity contribution >= 4 is 38.2 Å². The maximum atomic E-state index is 13.0. The Morgan fingerprint density at radius 1 is 1.17 bits per heavy atom. The molecule has 0 bridgehead atoms. The van der Waals surface area contributed by atoms with Crippen LogP contribution in [0.15, 0.2) is 46.7 Å². The fourth-order valence-corrected chi connectivity index (χ4v) is 6.02. The van der Waals surface area contributed by atoms with Gasteiger partial charge in [-0.25, -0.2) is 8.42 Å². The molecule has 30 heavy (non-hydrogen) atoms. The molecule has 1 N–H and O–H groups in total. The van der Waals surface area contributed by atoms with Gasteiger partial charge in [-0.2, -0.15) is 4.31 Å². The Kier molecular flexibility index (Phi) is 7.00. The van der Waals surface area contributed by atoms with E-state index in [1.807, 2.05) is 43.0 Å². The summed E-state index contributed by atoms with van der Waals surface area (Å²) in [5, 5.41) is 5.89. The lowest BCUT2D eigenvalue weighted by molar-refractivity contribution is 0.0927. The summed E-state index contributed by atoms with van der Waals surface area (Å²) in [5.74, 6) is -0.159. The SMILES string of the molecule is CCC[C@@H](NC(=O)c1cc2cc(S(=O)(=O)N(CC)CC)ccc2n1C)c1cccs1. The molecule has 2 aromatic heterocycles. The second-order valence-corrected chi connectivity index (χ2v) is 10.1. The number of benzene rings is 1. The van der Waals surface area contributed by atoms with Gasteiger partial charge in [0.15, 0.2) is 0 Å². The van der Waals surface area contributed by atoms with E-state index in [0.717, 1.165) is 28.6 Å². The topological polar surface area (TPSA) is 71.4 Å². The third kappa shape index (κ3) is 4.31. The number of nitrogens with one attached hydrogen (secondary N) is 1. The summed E-state index contributed by atoms with van der Waals surface area (Å²) < 4.78 is 29.0. The van der Waals surface area contributed by atoms with Crippen molar-refractivity contribution in [3.63, 3.8) is 0 Å². The summed E-state index contributed by atoms with van der Waals surface area (Å²) >= 11 is 1.64. The standard InChI is InChI=1S/C22H29N3O3S2/c1-5-9-18(21-10-8-13-29-21)23-22(26)20-15-16-14-17(11-12-19(16)24(20)4)30(27,28)25(6-2)7-3/h8,10-15,18H,5-7,9H2,1-4H3,(H,23,26)/t18-/m1/s1. The van der Waals surface area contributed by atoms with Gasteiger partial charge in [-0.05, 0) is 42.1 Å². The Balaban J connectivity index is 1.94. The molecule has 0 aliphatic rings. The van der Waals surface area contributed by atoms with Gasteiger partial charge in [0.2, 0.25) is 10.0 Å². The third-order valence-corrected chi connectivity index (χ3v) is 8.39. The van der Waals surface area contributed by atoms with Crippen LogP contribution in [0.2, 0.25) is 0 Å². The molecule has 3 aromatic rings. The highest BCUT2D eigenvalue weighted by molar-refractivity contribution is 7.89. The van der Waals surface area contributed by atoms with Crippen molar-refractivity contribution in [2.24, 2.45) is 7.05 Å². The highest BCUT2D eigenvalue weighted by Gasteiger charge is 2.24. The van der Waals surface area contributed by atoms with Crippen molar-refractivity contribution in [1.82, 2.24) is 14.2 Å². The van der Waals surface area contributed by atoms with Crippen LogP contribution < -0.4 is 5.32 Å². The summed E-state index contributed by atoms with van der Waals surface area (Å²) in [6.07, 6.45) is 1.83. The number of hydrogen-bond donors (Lipinski definition) is 1. The Morgan fingerprint density at radius 2 is 1.90 bits per heavy atom. The van der Waals surface area contributed by atoms with Gasteiger partial charge < -0.3 is 9.88 Å². The molecule has 1 amide bonds. The van der Waals surface area contributed by atoms with E-state index in [2.05, 4.69) is 12.2 Å². The number of nitrogens with zero attached hydrogens (tertiary/aromatic N) is 2. The van der Waals surface area contributed by atoms with Crippen molar-refractivity contribution in [2.75, 3.05) is 13.1 Å². The monoisotopic (exact) mass is 447 g/mol. The summed E-state index contributed by atoms with van der Waals surface area (Å²) in [5.41, 5.74) is 1.34. The molecule has 0 aliphatic heterocycles. The lowest BCUT2D eigenvalue weighted by Crippen LogP contribution is -2.30. The number of aromatic nitrogens is 1. The second kappa shape index (κ2) is 9.32. The highest BCUT2D eigenvalue weighted by atomic mass is 32.2. The van der Waals surface area contributed by atoms with Crippen molar-refractivity contribution in [3.05, 3.63) is 52.3 Å². The number of fused-ring (bicyclic) bond motifs is 1. The Bertz CT molecular complexity index is 1110. The van der Waals surface area contributed by atoms with E-state index in [1.165, 1.54) is 4.31 Å². The minimum atomic E-state index is -3.55. The van der Waals surface area contributed by atoms with Crippen molar-refractivity contribution in [1.29, 1.82) is 0 Å². The smallest absolute Gasteiger partial charge is 0.268 e. The third-order valence-electron chi connectivity index (χ3n) is 5.36. The number of carbonyl (C=O) groups is 1. The summed E-state index contributed by atoms with van der Waals surface area (Å²) in [6, 6.07) is 10.8. The predicted octanol–water partition coefficient (Wildman–Crippen LogP) is 4.54. The van der Waals surface area contributed by atoms with Gasteiger partial charge in [0.1, 0.15) is 5.69 Å². The minimum Gasteiger partial charge on any atom is -0.343 e. The van der Waals surface area contributed by atoms with Gasteiger partial charge in [0.05, 0.1) is 10.9 Å². The molecule has 0 saturated heterocycles. The first kappa shape index (κ1) is 22.5. The molecule has 0 fully saturated rings. The molecule has 162 valence electrons. The Labute approximate surface area is 182 Å². The summed E-state index contributed by atoms with van der Waals surface area (Å²) in [7, 11) is -1.72. The molecular formula is C22H29N3O3S2. The van der Waals surface area contributed by atoms with Gasteiger partial charge in [0, 0.05) is 35.9 Å². The fourth-order valence-electron chi connectivity index (χ4n) is 3.71. The van der Waals surface area contributed by atoms with Gasteiger partial charge in [-0.3, -0.25) is 4.79 Å². The molecule has 0 spiro atoms. The van der Waals surface area contributed by atoms with E-state index in [9.17, 15) is 13.2 Å². The van der Waals surface area contributed by atoms with Crippen LogP contribution in [0, 0.1) is 0 Å². The predicted molar refractivity (Wildman–Crippen MR) is 122 cm³/mol. The van der Waals surface area contributed by atoms with Gasteiger partial charge in [0.25, 0.3) is 5.91 Å². The number of sulfonamides is 1. The van der Waals surface area contributed by atoms with E-state index in [1.54, 1.807) is 35.6 Å². The van der Waals surface area contributed by atoms with E-state index in [4.69, 9.17) is 0 Å². The van der Waals surface area contributed by atoms with Gasteiger partial charge >= 0.3 is 0 Å². The molecule has 0 radical (unpaired) electrons.